The van der Waals surface area contributed by atoms with Crippen LogP contribution in [0.3, 0.4) is 0 Å². The van der Waals surface area contributed by atoms with E-state index in [4.69, 9.17) is 9.47 Å². The molecule has 0 atom stereocenters. The summed E-state index contributed by atoms with van der Waals surface area (Å²) >= 11 is 3.41. The highest BCUT2D eigenvalue weighted by Gasteiger charge is 2.11. The molecule has 0 amide bonds. The Kier molecular flexibility index (Phi) is 5.89. The lowest BCUT2D eigenvalue weighted by atomic mass is 10.1. The van der Waals surface area contributed by atoms with Gasteiger partial charge in [-0.05, 0) is 43.3 Å². The molecule has 0 bridgehead atoms. The fraction of sp³-hybridized carbons (Fsp3) is 0.150. The molecule has 0 radical (unpaired) electrons. The number of benzene rings is 2. The van der Waals surface area contributed by atoms with Gasteiger partial charge < -0.3 is 14.5 Å². The van der Waals surface area contributed by atoms with Crippen molar-refractivity contribution in [2.45, 2.75) is 6.92 Å². The van der Waals surface area contributed by atoms with Crippen molar-refractivity contribution in [3.05, 3.63) is 58.3 Å². The van der Waals surface area contributed by atoms with Gasteiger partial charge in [0.15, 0.2) is 6.61 Å². The Hall–Kier alpha value is -3.11. The molecule has 0 aliphatic rings. The summed E-state index contributed by atoms with van der Waals surface area (Å²) < 4.78 is 11.3. The minimum absolute atomic E-state index is 0.206. The smallest absolute Gasteiger partial charge is 0.344 e. The summed E-state index contributed by atoms with van der Waals surface area (Å²) in [6.45, 7) is 1.82. The van der Waals surface area contributed by atoms with Gasteiger partial charge in [-0.15, -0.1) is 0 Å². The Balaban J connectivity index is 1.94. The molecule has 2 aromatic carbocycles. The highest BCUT2D eigenvalue weighted by Crippen LogP contribution is 2.28. The molecule has 3 rings (SSSR count). The minimum atomic E-state index is -0.451. The van der Waals surface area contributed by atoms with Gasteiger partial charge in [-0.25, -0.2) is 9.78 Å². The maximum atomic E-state index is 11.6. The first-order chi connectivity index (χ1) is 13.1. The molecule has 0 saturated heterocycles. The number of halogens is 1. The molecule has 0 unspecified atom stereocenters. The number of hydrogen-bond acceptors (Lipinski definition) is 5. The van der Waals surface area contributed by atoms with Crippen LogP contribution in [0.25, 0.3) is 22.7 Å². The maximum absolute atomic E-state index is 11.6. The number of esters is 1. The van der Waals surface area contributed by atoms with Crippen LogP contribution in [0.2, 0.25) is 0 Å². The quantitative estimate of drug-likeness (QED) is 0.468. The molecule has 0 fully saturated rings. The molecule has 1 N–H and O–H groups in total. The Morgan fingerprint density at radius 1 is 1.33 bits per heavy atom. The van der Waals surface area contributed by atoms with E-state index in [1.165, 1.54) is 0 Å². The lowest BCUT2D eigenvalue weighted by Crippen LogP contribution is -2.14. The molecule has 7 heteroatoms. The molecule has 136 valence electrons. The number of imidazole rings is 1. The van der Waals surface area contributed by atoms with Gasteiger partial charge in [-0.3, -0.25) is 0 Å². The van der Waals surface area contributed by atoms with Gasteiger partial charge in [0, 0.05) is 10.0 Å². The van der Waals surface area contributed by atoms with E-state index in [2.05, 4.69) is 32.0 Å². The van der Waals surface area contributed by atoms with Gasteiger partial charge in [0.05, 0.1) is 23.2 Å². The largest absolute Gasteiger partial charge is 0.481 e. The Morgan fingerprint density at radius 2 is 2.15 bits per heavy atom. The van der Waals surface area contributed by atoms with Crippen LogP contribution < -0.4 is 4.74 Å². The second-order valence-electron chi connectivity index (χ2n) is 5.55. The van der Waals surface area contributed by atoms with E-state index in [0.717, 1.165) is 15.5 Å². The maximum Gasteiger partial charge on any atom is 0.344 e. The van der Waals surface area contributed by atoms with Crippen molar-refractivity contribution in [2.75, 3.05) is 13.2 Å². The summed E-state index contributed by atoms with van der Waals surface area (Å²) in [6.07, 6.45) is 1.67. The third-order valence-corrected chi connectivity index (χ3v) is 4.18. The number of ether oxygens (including phenoxy) is 2. The number of para-hydroxylation sites is 2. The van der Waals surface area contributed by atoms with Gasteiger partial charge in [-0.2, -0.15) is 5.26 Å². The number of aromatic amines is 1. The Labute approximate surface area is 164 Å². The zero-order valence-electron chi connectivity index (χ0n) is 14.5. The summed E-state index contributed by atoms with van der Waals surface area (Å²) in [6, 6.07) is 15.0. The number of aromatic nitrogens is 2. The number of hydrogen-bond donors (Lipinski definition) is 1. The number of H-pyrrole nitrogens is 1. The molecular formula is C20H16BrN3O3. The monoisotopic (exact) mass is 425 g/mol. The molecule has 1 heterocycles. The molecule has 27 heavy (non-hydrogen) atoms. The van der Waals surface area contributed by atoms with Crippen molar-refractivity contribution in [3.63, 3.8) is 0 Å². The number of nitrogens with zero attached hydrogens (tertiary/aromatic N) is 2. The summed E-state index contributed by atoms with van der Waals surface area (Å²) in [4.78, 5) is 19.2. The standard InChI is InChI=1S/C20H16BrN3O3/c1-2-26-19(25)12-27-18-8-7-15(21)10-13(18)9-14(11-22)20-23-16-5-3-4-6-17(16)24-20/h3-10H,2,12H2,1H3,(H,23,24). The van der Waals surface area contributed by atoms with Gasteiger partial charge in [0.1, 0.15) is 17.6 Å². The average molecular weight is 426 g/mol. The highest BCUT2D eigenvalue weighted by atomic mass is 79.9. The van der Waals surface area contributed by atoms with Crippen molar-refractivity contribution in [2.24, 2.45) is 0 Å². The lowest BCUT2D eigenvalue weighted by Gasteiger charge is -2.09. The second-order valence-corrected chi connectivity index (χ2v) is 6.46. The first kappa shape index (κ1) is 18.7. The SMILES string of the molecule is CCOC(=O)COc1ccc(Br)cc1C=C(C#N)c1nc2ccccc2[nH]1. The van der Waals surface area contributed by atoms with Gasteiger partial charge >= 0.3 is 5.97 Å². The van der Waals surface area contributed by atoms with Gasteiger partial charge in [0.2, 0.25) is 0 Å². The third kappa shape index (κ3) is 4.54. The van der Waals surface area contributed by atoms with Gasteiger partial charge in [0.25, 0.3) is 0 Å². The van der Waals surface area contributed by atoms with Crippen LogP contribution in [0.4, 0.5) is 0 Å². The molecular weight excluding hydrogens is 410 g/mol. The first-order valence-electron chi connectivity index (χ1n) is 8.25. The first-order valence-corrected chi connectivity index (χ1v) is 9.05. The zero-order chi connectivity index (χ0) is 19.2. The minimum Gasteiger partial charge on any atom is -0.481 e. The molecule has 3 aromatic rings. The Bertz CT molecular complexity index is 1020. The predicted molar refractivity (Wildman–Crippen MR) is 106 cm³/mol. The van der Waals surface area contributed by atoms with Crippen LogP contribution in [0.1, 0.15) is 18.3 Å². The van der Waals surface area contributed by atoms with Crippen LogP contribution in [-0.2, 0) is 9.53 Å². The van der Waals surface area contributed by atoms with E-state index in [1.54, 1.807) is 31.2 Å². The van der Waals surface area contributed by atoms with Gasteiger partial charge in [-0.1, -0.05) is 28.1 Å². The number of nitriles is 1. The second kappa shape index (κ2) is 8.52. The fourth-order valence-corrected chi connectivity index (χ4v) is 2.87. The number of rotatable bonds is 6. The van der Waals surface area contributed by atoms with E-state index >= 15 is 0 Å². The summed E-state index contributed by atoms with van der Waals surface area (Å²) in [5, 5.41) is 9.61. The molecule has 0 spiro atoms. The van der Waals surface area contributed by atoms with Crippen molar-refractivity contribution in [1.29, 1.82) is 5.26 Å². The van der Waals surface area contributed by atoms with Crippen LogP contribution in [0, 0.1) is 11.3 Å². The van der Waals surface area contributed by atoms with E-state index in [-0.39, 0.29) is 6.61 Å². The molecule has 1 aromatic heterocycles. The fourth-order valence-electron chi connectivity index (χ4n) is 2.49. The number of nitrogens with one attached hydrogen (secondary N) is 1. The van der Waals surface area contributed by atoms with E-state index in [1.807, 2.05) is 24.3 Å². The normalized spacial score (nSPS) is 11.2. The van der Waals surface area contributed by atoms with E-state index in [9.17, 15) is 10.1 Å². The van der Waals surface area contributed by atoms with Crippen molar-refractivity contribution < 1.29 is 14.3 Å². The third-order valence-electron chi connectivity index (χ3n) is 3.69. The van der Waals surface area contributed by atoms with E-state index < -0.39 is 5.97 Å². The lowest BCUT2D eigenvalue weighted by molar-refractivity contribution is -0.145. The van der Waals surface area contributed by atoms with Crippen LogP contribution in [0.15, 0.2) is 46.9 Å². The van der Waals surface area contributed by atoms with Crippen molar-refractivity contribution in [1.82, 2.24) is 9.97 Å². The molecule has 6 nitrogen and oxygen atoms in total. The van der Waals surface area contributed by atoms with Crippen LogP contribution in [0.5, 0.6) is 5.75 Å². The molecule has 0 saturated carbocycles. The Morgan fingerprint density at radius 3 is 2.89 bits per heavy atom. The summed E-state index contributed by atoms with van der Waals surface area (Å²) in [5.74, 6) is 0.485. The number of carbonyl (C=O) groups is 1. The van der Waals surface area contributed by atoms with Crippen LogP contribution in [-0.4, -0.2) is 29.2 Å². The topological polar surface area (TPSA) is 88.0 Å². The van der Waals surface area contributed by atoms with Crippen LogP contribution >= 0.6 is 15.9 Å². The summed E-state index contributed by atoms with van der Waals surface area (Å²) in [7, 11) is 0. The van der Waals surface area contributed by atoms with E-state index in [0.29, 0.717) is 29.3 Å². The number of allylic oxidation sites excluding steroid dienone is 1. The molecule has 0 aliphatic carbocycles. The summed E-state index contributed by atoms with van der Waals surface area (Å²) in [5.41, 5.74) is 2.62. The van der Waals surface area contributed by atoms with Crippen molar-refractivity contribution in [3.8, 4) is 11.8 Å². The zero-order valence-corrected chi connectivity index (χ0v) is 16.1. The highest BCUT2D eigenvalue weighted by molar-refractivity contribution is 9.10. The average Bonchev–Trinajstić information content (AvgIpc) is 3.09. The molecule has 0 aliphatic heterocycles. The predicted octanol–water partition coefficient (Wildman–Crippen LogP) is 4.33. The van der Waals surface area contributed by atoms with Crippen molar-refractivity contribution >= 4 is 44.6 Å². The number of fused-ring (bicyclic) bond motifs is 1. The number of carbonyl (C=O) groups excluding carboxylic acids is 1.